The number of thiazole rings is 1. The number of hydrogen-bond acceptors (Lipinski definition) is 6. The SMILES string of the molecule is COc1nc(COC(=O)CCc2c(Cl)cncc2Cl)sc1C. The zero-order valence-electron chi connectivity index (χ0n) is 12.1. The van der Waals surface area contributed by atoms with Crippen LogP contribution >= 0.6 is 34.5 Å². The number of pyridine rings is 1. The Hall–Kier alpha value is -1.37. The number of aryl methyl sites for hydroxylation is 1. The van der Waals surface area contributed by atoms with Crippen LogP contribution in [0.2, 0.25) is 10.0 Å². The second kappa shape index (κ2) is 7.76. The molecule has 0 aromatic carbocycles. The van der Waals surface area contributed by atoms with Crippen LogP contribution in [0.25, 0.3) is 0 Å². The van der Waals surface area contributed by atoms with Crippen molar-refractivity contribution in [3.8, 4) is 5.88 Å². The van der Waals surface area contributed by atoms with Gasteiger partial charge in [-0.3, -0.25) is 9.78 Å². The van der Waals surface area contributed by atoms with E-state index in [1.807, 2.05) is 6.92 Å². The molecule has 0 radical (unpaired) electrons. The summed E-state index contributed by atoms with van der Waals surface area (Å²) in [6.07, 6.45) is 3.58. The van der Waals surface area contributed by atoms with Crippen LogP contribution in [-0.2, 0) is 22.6 Å². The predicted octanol–water partition coefficient (Wildman–Crippen LogP) is 3.84. The summed E-state index contributed by atoms with van der Waals surface area (Å²) in [7, 11) is 1.56. The van der Waals surface area contributed by atoms with Crippen molar-refractivity contribution in [3.05, 3.63) is 37.9 Å². The molecule has 2 aromatic rings. The fraction of sp³-hybridized carbons (Fsp3) is 0.357. The molecule has 0 saturated heterocycles. The molecule has 0 spiro atoms. The van der Waals surface area contributed by atoms with Gasteiger partial charge in [0, 0.05) is 18.8 Å². The first kappa shape index (κ1) is 17.0. The quantitative estimate of drug-likeness (QED) is 0.732. The van der Waals surface area contributed by atoms with Crippen LogP contribution in [0.15, 0.2) is 12.4 Å². The minimum Gasteiger partial charge on any atom is -0.480 e. The summed E-state index contributed by atoms with van der Waals surface area (Å²) in [6, 6.07) is 0. The van der Waals surface area contributed by atoms with Crippen LogP contribution in [0.1, 0.15) is 21.9 Å². The zero-order valence-corrected chi connectivity index (χ0v) is 14.4. The number of esters is 1. The molecule has 0 aliphatic rings. The smallest absolute Gasteiger partial charge is 0.306 e. The maximum atomic E-state index is 11.8. The molecule has 0 amide bonds. The maximum absolute atomic E-state index is 11.8. The molecule has 2 heterocycles. The normalized spacial score (nSPS) is 10.5. The van der Waals surface area contributed by atoms with Gasteiger partial charge >= 0.3 is 5.97 Å². The molecule has 0 atom stereocenters. The van der Waals surface area contributed by atoms with Crippen molar-refractivity contribution in [1.82, 2.24) is 9.97 Å². The van der Waals surface area contributed by atoms with Crippen LogP contribution in [0.5, 0.6) is 5.88 Å². The van der Waals surface area contributed by atoms with E-state index in [0.717, 1.165) is 4.88 Å². The summed E-state index contributed by atoms with van der Waals surface area (Å²) in [5.74, 6) is 0.224. The van der Waals surface area contributed by atoms with Gasteiger partial charge in [0.05, 0.1) is 22.0 Å². The van der Waals surface area contributed by atoms with E-state index in [-0.39, 0.29) is 19.0 Å². The van der Waals surface area contributed by atoms with Crippen LogP contribution in [0.3, 0.4) is 0 Å². The zero-order chi connectivity index (χ0) is 16.1. The van der Waals surface area contributed by atoms with Gasteiger partial charge in [-0.1, -0.05) is 23.2 Å². The maximum Gasteiger partial charge on any atom is 0.306 e. The van der Waals surface area contributed by atoms with Gasteiger partial charge in [-0.2, -0.15) is 0 Å². The summed E-state index contributed by atoms with van der Waals surface area (Å²) in [5, 5.41) is 1.59. The standard InChI is InChI=1S/C14H14Cl2N2O3S/c1-8-14(20-2)18-12(22-8)7-21-13(19)4-3-9-10(15)5-17-6-11(9)16/h5-6H,3-4,7H2,1-2H3. The van der Waals surface area contributed by atoms with E-state index in [0.29, 0.717) is 32.9 Å². The minimum atomic E-state index is -0.337. The van der Waals surface area contributed by atoms with Crippen molar-refractivity contribution >= 4 is 40.5 Å². The van der Waals surface area contributed by atoms with E-state index >= 15 is 0 Å². The van der Waals surface area contributed by atoms with Gasteiger partial charge in [-0.05, 0) is 18.9 Å². The van der Waals surface area contributed by atoms with Crippen LogP contribution in [0, 0.1) is 6.92 Å². The lowest BCUT2D eigenvalue weighted by Crippen LogP contribution is -2.06. The number of ether oxygens (including phenoxy) is 2. The molecular weight excluding hydrogens is 347 g/mol. The molecule has 118 valence electrons. The molecule has 0 bridgehead atoms. The van der Waals surface area contributed by atoms with Crippen LogP contribution in [0.4, 0.5) is 0 Å². The fourth-order valence-corrected chi connectivity index (χ4v) is 3.17. The lowest BCUT2D eigenvalue weighted by atomic mass is 10.1. The van der Waals surface area contributed by atoms with Crippen molar-refractivity contribution in [2.75, 3.05) is 7.11 Å². The first-order chi connectivity index (χ1) is 10.5. The van der Waals surface area contributed by atoms with Gasteiger partial charge < -0.3 is 9.47 Å². The van der Waals surface area contributed by atoms with Crippen molar-refractivity contribution in [2.45, 2.75) is 26.4 Å². The average molecular weight is 361 g/mol. The highest BCUT2D eigenvalue weighted by molar-refractivity contribution is 7.11. The van der Waals surface area contributed by atoms with Crippen molar-refractivity contribution < 1.29 is 14.3 Å². The molecule has 8 heteroatoms. The minimum absolute atomic E-state index is 0.130. The Balaban J connectivity index is 1.85. The molecule has 0 saturated carbocycles. The molecule has 0 aliphatic carbocycles. The van der Waals surface area contributed by atoms with Crippen molar-refractivity contribution in [1.29, 1.82) is 0 Å². The number of rotatable bonds is 6. The van der Waals surface area contributed by atoms with Gasteiger partial charge in [0.1, 0.15) is 11.6 Å². The lowest BCUT2D eigenvalue weighted by molar-refractivity contribution is -0.144. The van der Waals surface area contributed by atoms with E-state index in [9.17, 15) is 4.79 Å². The number of carbonyl (C=O) groups excluding carboxylic acids is 1. The number of halogens is 2. The lowest BCUT2D eigenvalue weighted by Gasteiger charge is -2.06. The van der Waals surface area contributed by atoms with Gasteiger partial charge in [-0.25, -0.2) is 4.98 Å². The van der Waals surface area contributed by atoms with Gasteiger partial charge in [0.15, 0.2) is 0 Å². The Bertz CT molecular complexity index is 656. The highest BCUT2D eigenvalue weighted by atomic mass is 35.5. The molecule has 5 nitrogen and oxygen atoms in total. The van der Waals surface area contributed by atoms with Gasteiger partial charge in [0.2, 0.25) is 5.88 Å². The Morgan fingerprint density at radius 2 is 2.00 bits per heavy atom. The third kappa shape index (κ3) is 4.32. The average Bonchev–Trinajstić information content (AvgIpc) is 2.85. The molecule has 2 aromatic heterocycles. The number of carbonyl (C=O) groups is 1. The molecule has 0 fully saturated rings. The molecular formula is C14H14Cl2N2O3S. The molecule has 0 N–H and O–H groups in total. The molecule has 2 rings (SSSR count). The summed E-state index contributed by atoms with van der Waals surface area (Å²) in [5.41, 5.74) is 0.696. The van der Waals surface area contributed by atoms with E-state index in [2.05, 4.69) is 9.97 Å². The summed E-state index contributed by atoms with van der Waals surface area (Å²) >= 11 is 13.4. The number of nitrogens with zero attached hydrogens (tertiary/aromatic N) is 2. The second-order valence-electron chi connectivity index (χ2n) is 4.42. The Labute approximate surface area is 142 Å². The Kier molecular flexibility index (Phi) is 5.99. The predicted molar refractivity (Wildman–Crippen MR) is 85.8 cm³/mol. The summed E-state index contributed by atoms with van der Waals surface area (Å²) < 4.78 is 10.3. The fourth-order valence-electron chi connectivity index (χ4n) is 1.80. The van der Waals surface area contributed by atoms with Gasteiger partial charge in [0.25, 0.3) is 0 Å². The highest BCUT2D eigenvalue weighted by Gasteiger charge is 2.12. The Morgan fingerprint density at radius 1 is 1.32 bits per heavy atom. The number of aromatic nitrogens is 2. The van der Waals surface area contributed by atoms with E-state index in [1.165, 1.54) is 23.7 Å². The summed E-state index contributed by atoms with van der Waals surface area (Å²) in [4.78, 5) is 20.8. The molecule has 0 unspecified atom stereocenters. The first-order valence-corrected chi connectivity index (χ1v) is 8.02. The Morgan fingerprint density at radius 3 is 2.59 bits per heavy atom. The second-order valence-corrected chi connectivity index (χ2v) is 6.52. The third-order valence-corrected chi connectivity index (χ3v) is 4.46. The van der Waals surface area contributed by atoms with Crippen LogP contribution < -0.4 is 4.74 Å². The van der Waals surface area contributed by atoms with E-state index in [4.69, 9.17) is 32.7 Å². The largest absolute Gasteiger partial charge is 0.480 e. The summed E-state index contributed by atoms with van der Waals surface area (Å²) in [6.45, 7) is 2.03. The highest BCUT2D eigenvalue weighted by Crippen LogP contribution is 2.25. The topological polar surface area (TPSA) is 61.3 Å². The number of methoxy groups -OCH3 is 1. The number of hydrogen-bond donors (Lipinski definition) is 0. The van der Waals surface area contributed by atoms with E-state index < -0.39 is 0 Å². The van der Waals surface area contributed by atoms with Crippen molar-refractivity contribution in [2.24, 2.45) is 0 Å². The van der Waals surface area contributed by atoms with E-state index in [1.54, 1.807) is 7.11 Å². The monoisotopic (exact) mass is 360 g/mol. The van der Waals surface area contributed by atoms with Gasteiger partial charge in [-0.15, -0.1) is 11.3 Å². The third-order valence-electron chi connectivity index (χ3n) is 2.88. The van der Waals surface area contributed by atoms with Crippen molar-refractivity contribution in [3.63, 3.8) is 0 Å². The van der Waals surface area contributed by atoms with Crippen LogP contribution in [-0.4, -0.2) is 23.0 Å². The molecule has 22 heavy (non-hydrogen) atoms. The first-order valence-electron chi connectivity index (χ1n) is 6.45. The molecule has 0 aliphatic heterocycles.